The van der Waals surface area contributed by atoms with Crippen LogP contribution in [-0.2, 0) is 4.74 Å². The first-order chi connectivity index (χ1) is 9.81. The van der Waals surface area contributed by atoms with Crippen molar-refractivity contribution in [2.24, 2.45) is 5.92 Å². The highest BCUT2D eigenvalue weighted by atomic mass is 16.5. The highest BCUT2D eigenvalue weighted by Crippen LogP contribution is 2.13. The number of unbranched alkanes of at least 4 members (excludes halogenated alkanes) is 9. The van der Waals surface area contributed by atoms with Gasteiger partial charge in [-0.25, -0.2) is 0 Å². The zero-order chi connectivity index (χ0) is 14.9. The predicted octanol–water partition coefficient (Wildman–Crippen LogP) is 5.17. The van der Waals surface area contributed by atoms with Gasteiger partial charge in [-0.15, -0.1) is 0 Å². The van der Waals surface area contributed by atoms with Crippen LogP contribution in [0.15, 0.2) is 0 Å². The van der Waals surface area contributed by atoms with E-state index in [1.807, 2.05) is 0 Å². The Morgan fingerprint density at radius 2 is 1.40 bits per heavy atom. The smallest absolute Gasteiger partial charge is 0.0587 e. The fraction of sp³-hybridized carbons (Fsp3) is 1.00. The Labute approximate surface area is 128 Å². The van der Waals surface area contributed by atoms with Crippen molar-refractivity contribution in [2.75, 3.05) is 26.8 Å². The van der Waals surface area contributed by atoms with E-state index in [-0.39, 0.29) is 0 Å². The lowest BCUT2D eigenvalue weighted by molar-refractivity contribution is 0.198. The lowest BCUT2D eigenvalue weighted by atomic mass is 10.0. The molecule has 0 spiro atoms. The van der Waals surface area contributed by atoms with Gasteiger partial charge in [0, 0.05) is 13.7 Å². The third-order valence-electron chi connectivity index (χ3n) is 4.03. The van der Waals surface area contributed by atoms with Gasteiger partial charge in [0.05, 0.1) is 6.61 Å². The summed E-state index contributed by atoms with van der Waals surface area (Å²) in [6, 6.07) is 0. The van der Waals surface area contributed by atoms with Crippen molar-refractivity contribution in [3.8, 4) is 0 Å². The first-order valence-corrected chi connectivity index (χ1v) is 9.00. The third kappa shape index (κ3) is 16.0. The summed E-state index contributed by atoms with van der Waals surface area (Å²) in [5.74, 6) is 0.806. The maximum Gasteiger partial charge on any atom is 0.0587 e. The molecule has 0 heterocycles. The van der Waals surface area contributed by atoms with Crippen LogP contribution in [-0.4, -0.2) is 26.8 Å². The first-order valence-electron chi connectivity index (χ1n) is 9.00. The highest BCUT2D eigenvalue weighted by molar-refractivity contribution is 4.58. The summed E-state index contributed by atoms with van der Waals surface area (Å²) in [5.41, 5.74) is 0. The Morgan fingerprint density at radius 3 is 1.95 bits per heavy atom. The van der Waals surface area contributed by atoms with Crippen LogP contribution in [0.3, 0.4) is 0 Å². The summed E-state index contributed by atoms with van der Waals surface area (Å²) in [5, 5.41) is 3.45. The molecule has 122 valence electrons. The van der Waals surface area contributed by atoms with E-state index in [0.29, 0.717) is 0 Å². The minimum atomic E-state index is 0.806. The maximum absolute atomic E-state index is 5.03. The van der Waals surface area contributed by atoms with E-state index in [9.17, 15) is 0 Å². The molecular weight excluding hydrogens is 246 g/mol. The molecule has 0 aromatic carbocycles. The van der Waals surface area contributed by atoms with E-state index < -0.39 is 0 Å². The van der Waals surface area contributed by atoms with Crippen molar-refractivity contribution in [3.05, 3.63) is 0 Å². The van der Waals surface area contributed by atoms with E-state index in [1.165, 1.54) is 70.6 Å². The molecule has 0 radical (unpaired) electrons. The van der Waals surface area contributed by atoms with Gasteiger partial charge >= 0.3 is 0 Å². The summed E-state index contributed by atoms with van der Waals surface area (Å²) in [6.45, 7) is 7.59. The Morgan fingerprint density at radius 1 is 0.850 bits per heavy atom. The zero-order valence-corrected chi connectivity index (χ0v) is 14.4. The van der Waals surface area contributed by atoms with Crippen LogP contribution in [0.5, 0.6) is 0 Å². The highest BCUT2D eigenvalue weighted by Gasteiger charge is 2.01. The van der Waals surface area contributed by atoms with Crippen molar-refractivity contribution >= 4 is 0 Å². The van der Waals surface area contributed by atoms with Crippen molar-refractivity contribution in [3.63, 3.8) is 0 Å². The molecule has 0 amide bonds. The average Bonchev–Trinajstić information content (AvgIpc) is 2.45. The van der Waals surface area contributed by atoms with Gasteiger partial charge in [-0.1, -0.05) is 78.1 Å². The number of hydrogen-bond acceptors (Lipinski definition) is 2. The van der Waals surface area contributed by atoms with Gasteiger partial charge in [-0.05, 0) is 18.9 Å². The van der Waals surface area contributed by atoms with Gasteiger partial charge in [-0.3, -0.25) is 0 Å². The molecule has 0 aromatic rings. The Bertz CT molecular complexity index is 173. The molecule has 0 bridgehead atoms. The number of ether oxygens (including phenoxy) is 1. The molecular formula is C18H39NO. The third-order valence-corrected chi connectivity index (χ3v) is 4.03. The molecule has 2 heteroatoms. The summed E-state index contributed by atoms with van der Waals surface area (Å²) in [6.07, 6.45) is 15.7. The molecule has 0 aromatic heterocycles. The van der Waals surface area contributed by atoms with Gasteiger partial charge in [0.1, 0.15) is 0 Å². The number of nitrogens with one attached hydrogen (secondary N) is 1. The number of methoxy groups -OCH3 is 1. The van der Waals surface area contributed by atoms with Gasteiger partial charge in [0.15, 0.2) is 0 Å². The lowest BCUT2D eigenvalue weighted by Crippen LogP contribution is -2.24. The topological polar surface area (TPSA) is 21.3 Å². The molecule has 0 saturated carbocycles. The second kappa shape index (κ2) is 17.0. The van der Waals surface area contributed by atoms with E-state index in [1.54, 1.807) is 7.11 Å². The van der Waals surface area contributed by atoms with Crippen molar-refractivity contribution in [1.82, 2.24) is 5.32 Å². The maximum atomic E-state index is 5.03. The van der Waals surface area contributed by atoms with Crippen molar-refractivity contribution in [1.29, 1.82) is 0 Å². The second-order valence-corrected chi connectivity index (χ2v) is 6.27. The SMILES string of the molecule is CCCCCCCCCCCCC(C)CNCCOC. The summed E-state index contributed by atoms with van der Waals surface area (Å²) < 4.78 is 5.03. The monoisotopic (exact) mass is 285 g/mol. The molecule has 0 rings (SSSR count). The fourth-order valence-corrected chi connectivity index (χ4v) is 2.60. The van der Waals surface area contributed by atoms with E-state index in [4.69, 9.17) is 4.74 Å². The molecule has 20 heavy (non-hydrogen) atoms. The standard InChI is InChI=1S/C18H39NO/c1-4-5-6-7-8-9-10-11-12-13-14-18(2)17-19-15-16-20-3/h18-19H,4-17H2,1-3H3. The molecule has 0 aliphatic heterocycles. The Kier molecular flexibility index (Phi) is 16.9. The summed E-state index contributed by atoms with van der Waals surface area (Å²) >= 11 is 0. The Balaban J connectivity index is 3.07. The van der Waals surface area contributed by atoms with Crippen LogP contribution in [0.25, 0.3) is 0 Å². The van der Waals surface area contributed by atoms with Crippen LogP contribution < -0.4 is 5.32 Å². The summed E-state index contributed by atoms with van der Waals surface area (Å²) in [7, 11) is 1.76. The molecule has 1 atom stereocenters. The molecule has 0 saturated heterocycles. The molecule has 0 aliphatic carbocycles. The zero-order valence-electron chi connectivity index (χ0n) is 14.4. The largest absolute Gasteiger partial charge is 0.383 e. The second-order valence-electron chi connectivity index (χ2n) is 6.27. The number of rotatable bonds is 16. The number of hydrogen-bond donors (Lipinski definition) is 1. The van der Waals surface area contributed by atoms with Crippen LogP contribution in [0.2, 0.25) is 0 Å². The van der Waals surface area contributed by atoms with Gasteiger partial charge in [0.2, 0.25) is 0 Å². The molecule has 1 N–H and O–H groups in total. The van der Waals surface area contributed by atoms with E-state index in [2.05, 4.69) is 19.2 Å². The fourth-order valence-electron chi connectivity index (χ4n) is 2.60. The predicted molar refractivity (Wildman–Crippen MR) is 90.4 cm³/mol. The van der Waals surface area contributed by atoms with Gasteiger partial charge in [0.25, 0.3) is 0 Å². The van der Waals surface area contributed by atoms with Crippen LogP contribution in [0, 0.1) is 5.92 Å². The molecule has 0 aliphatic rings. The van der Waals surface area contributed by atoms with E-state index in [0.717, 1.165) is 25.6 Å². The average molecular weight is 286 g/mol. The lowest BCUT2D eigenvalue weighted by Gasteiger charge is -2.12. The summed E-state index contributed by atoms with van der Waals surface area (Å²) in [4.78, 5) is 0. The van der Waals surface area contributed by atoms with Crippen molar-refractivity contribution in [2.45, 2.75) is 84.5 Å². The van der Waals surface area contributed by atoms with Crippen LogP contribution >= 0.6 is 0 Å². The van der Waals surface area contributed by atoms with Crippen LogP contribution in [0.1, 0.15) is 84.5 Å². The van der Waals surface area contributed by atoms with Gasteiger partial charge < -0.3 is 10.1 Å². The minimum absolute atomic E-state index is 0.806. The van der Waals surface area contributed by atoms with Crippen LogP contribution in [0.4, 0.5) is 0 Å². The molecule has 0 fully saturated rings. The Hall–Kier alpha value is -0.0800. The molecule has 1 unspecified atom stereocenters. The van der Waals surface area contributed by atoms with Crippen molar-refractivity contribution < 1.29 is 4.74 Å². The van der Waals surface area contributed by atoms with Gasteiger partial charge in [-0.2, -0.15) is 0 Å². The molecule has 2 nitrogen and oxygen atoms in total. The quantitative estimate of drug-likeness (QED) is 0.395. The van der Waals surface area contributed by atoms with E-state index >= 15 is 0 Å². The normalized spacial score (nSPS) is 12.8. The first kappa shape index (κ1) is 19.9. The minimum Gasteiger partial charge on any atom is -0.383 e.